The summed E-state index contributed by atoms with van der Waals surface area (Å²) in [5.41, 5.74) is 2.60. The summed E-state index contributed by atoms with van der Waals surface area (Å²) in [5, 5.41) is 1.72. The van der Waals surface area contributed by atoms with Crippen LogP contribution in [0.2, 0.25) is 15.1 Å². The highest BCUT2D eigenvalue weighted by atomic mass is 35.5. The number of carbonyl (C=O) groups is 1. The van der Waals surface area contributed by atoms with Gasteiger partial charge in [-0.2, -0.15) is 0 Å². The molecule has 1 heterocycles. The van der Waals surface area contributed by atoms with E-state index in [1.54, 1.807) is 18.2 Å². The molecule has 0 fully saturated rings. The lowest BCUT2D eigenvalue weighted by Gasteiger charge is -2.07. The molecule has 0 unspecified atom stereocenters. The Morgan fingerprint density at radius 1 is 0.917 bits per heavy atom. The summed E-state index contributed by atoms with van der Waals surface area (Å²) >= 11 is 19.7. The average molecular weight is 398 g/mol. The molecule has 0 aliphatic heterocycles. The van der Waals surface area contributed by atoms with Crippen LogP contribution in [0, 0.1) is 0 Å². The molecule has 0 spiro atoms. The second-order valence-corrected chi connectivity index (χ2v) is 7.31. The number of thiophene rings is 1. The van der Waals surface area contributed by atoms with Gasteiger partial charge in [0, 0.05) is 31.1 Å². The summed E-state index contributed by atoms with van der Waals surface area (Å²) < 4.78 is 4.84. The van der Waals surface area contributed by atoms with Crippen molar-refractivity contribution in [1.29, 1.82) is 0 Å². The number of rotatable bonds is 3. The third-order valence-corrected chi connectivity index (χ3v) is 5.41. The van der Waals surface area contributed by atoms with Crippen molar-refractivity contribution >= 4 is 52.1 Å². The molecule has 0 aliphatic carbocycles. The van der Waals surface area contributed by atoms with Gasteiger partial charge in [0.15, 0.2) is 0 Å². The first kappa shape index (κ1) is 17.3. The number of hydrogen-bond acceptors (Lipinski definition) is 3. The zero-order valence-electron chi connectivity index (χ0n) is 12.5. The maximum absolute atomic E-state index is 11.9. The van der Waals surface area contributed by atoms with E-state index < -0.39 is 0 Å². The van der Waals surface area contributed by atoms with Crippen molar-refractivity contribution in [2.45, 2.75) is 0 Å². The van der Waals surface area contributed by atoms with Gasteiger partial charge in [-0.25, -0.2) is 4.79 Å². The minimum Gasteiger partial charge on any atom is -0.465 e. The second-order valence-electron chi connectivity index (χ2n) is 4.98. The number of esters is 1. The van der Waals surface area contributed by atoms with Crippen molar-refractivity contribution in [3.8, 4) is 21.6 Å². The zero-order chi connectivity index (χ0) is 17.3. The first-order valence-electron chi connectivity index (χ1n) is 6.93. The molecular formula is C18H11Cl3O2S. The van der Waals surface area contributed by atoms with Crippen LogP contribution in [0.5, 0.6) is 0 Å². The van der Waals surface area contributed by atoms with E-state index in [9.17, 15) is 4.79 Å². The number of carbonyl (C=O) groups excluding carboxylic acids is 1. The molecule has 0 N–H and O–H groups in total. The minimum atomic E-state index is -0.383. The lowest BCUT2D eigenvalue weighted by Crippen LogP contribution is -1.96. The Labute approximate surface area is 158 Å². The Hall–Kier alpha value is -1.52. The summed E-state index contributed by atoms with van der Waals surface area (Å²) in [5.74, 6) is -0.383. The molecule has 2 nitrogen and oxygen atoms in total. The molecule has 2 aromatic carbocycles. The second kappa shape index (κ2) is 7.16. The standard InChI is InChI=1S/C18H11Cl3O2S/c1-23-18(22)16-9-14(13-7-6-12(20)8-15(13)21)17(24-16)10-2-4-11(19)5-3-10/h2-9H,1H3. The smallest absolute Gasteiger partial charge is 0.348 e. The van der Waals surface area contributed by atoms with Crippen LogP contribution in [0.4, 0.5) is 0 Å². The third-order valence-electron chi connectivity index (χ3n) is 3.45. The molecule has 3 aromatic rings. The Balaban J connectivity index is 2.21. The van der Waals surface area contributed by atoms with Crippen LogP contribution < -0.4 is 0 Å². The van der Waals surface area contributed by atoms with Gasteiger partial charge in [0.1, 0.15) is 4.88 Å². The van der Waals surface area contributed by atoms with E-state index in [-0.39, 0.29) is 5.97 Å². The van der Waals surface area contributed by atoms with Crippen LogP contribution in [0.25, 0.3) is 21.6 Å². The SMILES string of the molecule is COC(=O)c1cc(-c2ccc(Cl)cc2Cl)c(-c2ccc(Cl)cc2)s1. The Morgan fingerprint density at radius 3 is 2.21 bits per heavy atom. The summed E-state index contributed by atoms with van der Waals surface area (Å²) in [7, 11) is 1.36. The maximum atomic E-state index is 11.9. The van der Waals surface area contributed by atoms with Gasteiger partial charge < -0.3 is 4.74 Å². The van der Waals surface area contributed by atoms with E-state index in [0.29, 0.717) is 19.9 Å². The van der Waals surface area contributed by atoms with E-state index in [2.05, 4.69) is 0 Å². The van der Waals surface area contributed by atoms with Crippen LogP contribution in [0.1, 0.15) is 9.67 Å². The Morgan fingerprint density at radius 2 is 1.58 bits per heavy atom. The van der Waals surface area contributed by atoms with Crippen molar-refractivity contribution in [3.05, 3.63) is 68.5 Å². The molecule has 0 saturated heterocycles. The van der Waals surface area contributed by atoms with Gasteiger partial charge >= 0.3 is 5.97 Å². The predicted molar refractivity (Wildman–Crippen MR) is 102 cm³/mol. The Bertz CT molecular complexity index is 901. The summed E-state index contributed by atoms with van der Waals surface area (Å²) in [4.78, 5) is 13.4. The van der Waals surface area contributed by atoms with Crippen LogP contribution in [0.15, 0.2) is 48.5 Å². The van der Waals surface area contributed by atoms with Gasteiger partial charge in [0.25, 0.3) is 0 Å². The van der Waals surface area contributed by atoms with Crippen molar-refractivity contribution < 1.29 is 9.53 Å². The van der Waals surface area contributed by atoms with Gasteiger partial charge in [-0.3, -0.25) is 0 Å². The van der Waals surface area contributed by atoms with Crippen LogP contribution in [-0.2, 0) is 4.74 Å². The molecule has 1 aromatic heterocycles. The fourth-order valence-corrected chi connectivity index (χ4v) is 4.05. The average Bonchev–Trinajstić information content (AvgIpc) is 3.00. The van der Waals surface area contributed by atoms with Crippen LogP contribution >= 0.6 is 46.1 Å². The highest BCUT2D eigenvalue weighted by Crippen LogP contribution is 2.42. The highest BCUT2D eigenvalue weighted by Gasteiger charge is 2.19. The van der Waals surface area contributed by atoms with E-state index in [1.165, 1.54) is 18.4 Å². The molecule has 0 atom stereocenters. The number of methoxy groups -OCH3 is 1. The number of benzene rings is 2. The van der Waals surface area contributed by atoms with Crippen molar-refractivity contribution in [3.63, 3.8) is 0 Å². The van der Waals surface area contributed by atoms with Gasteiger partial charge in [-0.15, -0.1) is 11.3 Å². The summed E-state index contributed by atoms with van der Waals surface area (Å²) in [6, 6.07) is 14.5. The Kier molecular flexibility index (Phi) is 5.16. The van der Waals surface area contributed by atoms with E-state index in [1.807, 2.05) is 30.3 Å². The van der Waals surface area contributed by atoms with Crippen molar-refractivity contribution in [2.24, 2.45) is 0 Å². The van der Waals surface area contributed by atoms with E-state index in [4.69, 9.17) is 39.5 Å². The third kappa shape index (κ3) is 3.45. The summed E-state index contributed by atoms with van der Waals surface area (Å²) in [6.45, 7) is 0. The van der Waals surface area contributed by atoms with Gasteiger partial charge in [0.05, 0.1) is 7.11 Å². The van der Waals surface area contributed by atoms with Gasteiger partial charge in [-0.05, 0) is 35.9 Å². The lowest BCUT2D eigenvalue weighted by molar-refractivity contribution is 0.0606. The van der Waals surface area contributed by atoms with Crippen LogP contribution in [0.3, 0.4) is 0 Å². The van der Waals surface area contributed by atoms with E-state index in [0.717, 1.165) is 21.6 Å². The largest absolute Gasteiger partial charge is 0.465 e. The lowest BCUT2D eigenvalue weighted by atomic mass is 10.0. The fourth-order valence-electron chi connectivity index (χ4n) is 2.32. The van der Waals surface area contributed by atoms with Gasteiger partial charge in [-0.1, -0.05) is 53.0 Å². The quantitative estimate of drug-likeness (QED) is 0.453. The topological polar surface area (TPSA) is 26.3 Å². The molecule has 0 bridgehead atoms. The molecule has 3 rings (SSSR count). The highest BCUT2D eigenvalue weighted by molar-refractivity contribution is 7.18. The number of halogens is 3. The zero-order valence-corrected chi connectivity index (χ0v) is 15.6. The molecule has 0 radical (unpaired) electrons. The first-order valence-corrected chi connectivity index (χ1v) is 8.88. The van der Waals surface area contributed by atoms with Crippen molar-refractivity contribution in [1.82, 2.24) is 0 Å². The van der Waals surface area contributed by atoms with E-state index >= 15 is 0 Å². The maximum Gasteiger partial charge on any atom is 0.348 e. The molecule has 122 valence electrons. The summed E-state index contributed by atoms with van der Waals surface area (Å²) in [6.07, 6.45) is 0. The minimum absolute atomic E-state index is 0.383. The predicted octanol–water partition coefficient (Wildman–Crippen LogP) is 6.83. The van der Waals surface area contributed by atoms with Crippen LogP contribution in [-0.4, -0.2) is 13.1 Å². The molecule has 0 saturated carbocycles. The number of hydrogen-bond donors (Lipinski definition) is 0. The monoisotopic (exact) mass is 396 g/mol. The molecular weight excluding hydrogens is 387 g/mol. The van der Waals surface area contributed by atoms with Crippen molar-refractivity contribution in [2.75, 3.05) is 7.11 Å². The molecule has 6 heteroatoms. The fraction of sp³-hybridized carbons (Fsp3) is 0.0556. The molecule has 0 amide bonds. The first-order chi connectivity index (χ1) is 11.5. The molecule has 0 aliphatic rings. The van der Waals surface area contributed by atoms with Gasteiger partial charge in [0.2, 0.25) is 0 Å². The number of ether oxygens (including phenoxy) is 1. The molecule has 24 heavy (non-hydrogen) atoms. The normalized spacial score (nSPS) is 10.7.